The van der Waals surface area contributed by atoms with E-state index in [1.165, 1.54) is 38.5 Å². The fourth-order valence-corrected chi connectivity index (χ4v) is 2.88. The molecule has 2 heteroatoms. The summed E-state index contributed by atoms with van der Waals surface area (Å²) < 4.78 is 5.52. The topological polar surface area (TPSA) is 21.3 Å². The van der Waals surface area contributed by atoms with Crippen LogP contribution in [0.15, 0.2) is 0 Å². The second-order valence-electron chi connectivity index (χ2n) is 5.57. The Morgan fingerprint density at radius 3 is 2.47 bits per heavy atom. The second kappa shape index (κ2) is 8.93. The quantitative estimate of drug-likeness (QED) is 0.656. The van der Waals surface area contributed by atoms with Crippen LogP contribution in [-0.2, 0) is 4.74 Å². The largest absolute Gasteiger partial charge is 0.382 e. The van der Waals surface area contributed by atoms with Gasteiger partial charge in [0.15, 0.2) is 0 Å². The molecule has 1 aliphatic carbocycles. The Morgan fingerprint density at radius 1 is 1.18 bits per heavy atom. The molecule has 0 aromatic carbocycles. The van der Waals surface area contributed by atoms with Gasteiger partial charge in [0.1, 0.15) is 0 Å². The first-order chi connectivity index (χ1) is 8.27. The van der Waals surface area contributed by atoms with E-state index in [9.17, 15) is 0 Å². The van der Waals surface area contributed by atoms with Crippen LogP contribution < -0.4 is 5.32 Å². The smallest absolute Gasteiger partial charge is 0.0480 e. The van der Waals surface area contributed by atoms with Gasteiger partial charge in [-0.1, -0.05) is 26.7 Å². The highest BCUT2D eigenvalue weighted by molar-refractivity contribution is 4.81. The number of hydrogen-bond acceptors (Lipinski definition) is 2. The molecular weight excluding hydrogens is 210 g/mol. The summed E-state index contributed by atoms with van der Waals surface area (Å²) in [6, 6.07) is 0.689. The Morgan fingerprint density at radius 2 is 1.88 bits per heavy atom. The summed E-state index contributed by atoms with van der Waals surface area (Å²) in [7, 11) is 0. The Labute approximate surface area is 108 Å². The molecule has 1 N–H and O–H groups in total. The van der Waals surface area contributed by atoms with E-state index in [1.54, 1.807) is 0 Å². The van der Waals surface area contributed by atoms with Crippen LogP contribution in [0.4, 0.5) is 0 Å². The van der Waals surface area contributed by atoms with Crippen LogP contribution in [-0.4, -0.2) is 25.8 Å². The van der Waals surface area contributed by atoms with Crippen LogP contribution in [0.3, 0.4) is 0 Å². The molecule has 0 heterocycles. The van der Waals surface area contributed by atoms with E-state index < -0.39 is 0 Å². The van der Waals surface area contributed by atoms with Gasteiger partial charge in [-0.3, -0.25) is 0 Å². The Bertz CT molecular complexity index is 176. The van der Waals surface area contributed by atoms with Crippen molar-refractivity contribution in [1.29, 1.82) is 0 Å². The van der Waals surface area contributed by atoms with Gasteiger partial charge in [-0.25, -0.2) is 0 Å². The lowest BCUT2D eigenvalue weighted by Crippen LogP contribution is -2.39. The van der Waals surface area contributed by atoms with E-state index in [4.69, 9.17) is 4.74 Å². The van der Waals surface area contributed by atoms with Crippen LogP contribution >= 0.6 is 0 Å². The van der Waals surface area contributed by atoms with Crippen molar-refractivity contribution in [2.75, 3.05) is 19.8 Å². The minimum atomic E-state index is 0.689. The maximum Gasteiger partial charge on any atom is 0.0480 e. The maximum atomic E-state index is 5.52. The van der Waals surface area contributed by atoms with E-state index in [0.29, 0.717) is 6.04 Å². The molecule has 2 nitrogen and oxygen atoms in total. The standard InChI is InChI=1S/C15H31NO/c1-4-11-16-15(10-12-17-5-2)14-8-6-13(3)7-9-14/h13-16H,4-12H2,1-3H3. The summed E-state index contributed by atoms with van der Waals surface area (Å²) in [4.78, 5) is 0. The first kappa shape index (κ1) is 15.0. The lowest BCUT2D eigenvalue weighted by atomic mass is 9.78. The summed E-state index contributed by atoms with van der Waals surface area (Å²) in [5, 5.41) is 3.73. The van der Waals surface area contributed by atoms with Gasteiger partial charge >= 0.3 is 0 Å². The first-order valence-corrected chi connectivity index (χ1v) is 7.59. The lowest BCUT2D eigenvalue weighted by Gasteiger charge is -2.33. The molecule has 0 bridgehead atoms. The predicted molar refractivity (Wildman–Crippen MR) is 74.3 cm³/mol. The monoisotopic (exact) mass is 241 g/mol. The Balaban J connectivity index is 2.32. The highest BCUT2D eigenvalue weighted by atomic mass is 16.5. The predicted octanol–water partition coefficient (Wildman–Crippen LogP) is 3.61. The van der Waals surface area contributed by atoms with E-state index >= 15 is 0 Å². The average Bonchev–Trinajstić information content (AvgIpc) is 2.35. The maximum absolute atomic E-state index is 5.52. The van der Waals surface area contributed by atoms with Crippen LogP contribution in [0, 0.1) is 11.8 Å². The van der Waals surface area contributed by atoms with Gasteiger partial charge < -0.3 is 10.1 Å². The van der Waals surface area contributed by atoms with Gasteiger partial charge in [0.2, 0.25) is 0 Å². The van der Waals surface area contributed by atoms with Crippen molar-refractivity contribution in [3.8, 4) is 0 Å². The van der Waals surface area contributed by atoms with Gasteiger partial charge in [0.25, 0.3) is 0 Å². The molecule has 0 aliphatic heterocycles. The Kier molecular flexibility index (Phi) is 7.87. The molecule has 0 radical (unpaired) electrons. The van der Waals surface area contributed by atoms with Crippen molar-refractivity contribution in [1.82, 2.24) is 5.32 Å². The van der Waals surface area contributed by atoms with Crippen molar-refractivity contribution in [2.45, 2.75) is 65.3 Å². The summed E-state index contributed by atoms with van der Waals surface area (Å²) >= 11 is 0. The molecule has 0 spiro atoms. The highest BCUT2D eigenvalue weighted by Gasteiger charge is 2.25. The number of nitrogens with one attached hydrogen (secondary N) is 1. The van der Waals surface area contributed by atoms with Crippen molar-refractivity contribution in [3.05, 3.63) is 0 Å². The van der Waals surface area contributed by atoms with Crippen molar-refractivity contribution in [2.24, 2.45) is 11.8 Å². The number of rotatable bonds is 8. The lowest BCUT2D eigenvalue weighted by molar-refractivity contribution is 0.119. The minimum Gasteiger partial charge on any atom is -0.382 e. The molecular formula is C15H31NO. The SMILES string of the molecule is CCCNC(CCOCC)C1CCC(C)CC1. The van der Waals surface area contributed by atoms with E-state index in [-0.39, 0.29) is 0 Å². The summed E-state index contributed by atoms with van der Waals surface area (Å²) in [5.41, 5.74) is 0. The van der Waals surface area contributed by atoms with Gasteiger partial charge in [0, 0.05) is 19.3 Å². The first-order valence-electron chi connectivity index (χ1n) is 7.59. The molecule has 1 atom stereocenters. The molecule has 1 rings (SSSR count). The molecule has 0 saturated heterocycles. The Hall–Kier alpha value is -0.0800. The zero-order valence-electron chi connectivity index (χ0n) is 12.0. The zero-order valence-corrected chi connectivity index (χ0v) is 12.0. The normalized spacial score (nSPS) is 27.0. The van der Waals surface area contributed by atoms with Gasteiger partial charge in [-0.05, 0) is 51.0 Å². The molecule has 102 valence electrons. The minimum absolute atomic E-state index is 0.689. The third-order valence-corrected chi connectivity index (χ3v) is 4.06. The third-order valence-electron chi connectivity index (χ3n) is 4.06. The summed E-state index contributed by atoms with van der Waals surface area (Å²) in [6.07, 6.45) is 8.08. The zero-order chi connectivity index (χ0) is 12.5. The fourth-order valence-electron chi connectivity index (χ4n) is 2.88. The van der Waals surface area contributed by atoms with Crippen molar-refractivity contribution >= 4 is 0 Å². The average molecular weight is 241 g/mol. The van der Waals surface area contributed by atoms with Gasteiger partial charge in [-0.15, -0.1) is 0 Å². The molecule has 0 aromatic heterocycles. The van der Waals surface area contributed by atoms with E-state index in [0.717, 1.165) is 31.6 Å². The molecule has 0 amide bonds. The van der Waals surface area contributed by atoms with E-state index in [2.05, 4.69) is 26.1 Å². The van der Waals surface area contributed by atoms with Crippen molar-refractivity contribution in [3.63, 3.8) is 0 Å². The molecule has 17 heavy (non-hydrogen) atoms. The second-order valence-corrected chi connectivity index (χ2v) is 5.57. The fraction of sp³-hybridized carbons (Fsp3) is 1.00. The van der Waals surface area contributed by atoms with Crippen LogP contribution in [0.25, 0.3) is 0 Å². The third kappa shape index (κ3) is 5.87. The van der Waals surface area contributed by atoms with Gasteiger partial charge in [-0.2, -0.15) is 0 Å². The highest BCUT2D eigenvalue weighted by Crippen LogP contribution is 2.31. The van der Waals surface area contributed by atoms with Crippen LogP contribution in [0.2, 0.25) is 0 Å². The number of ether oxygens (including phenoxy) is 1. The number of hydrogen-bond donors (Lipinski definition) is 1. The summed E-state index contributed by atoms with van der Waals surface area (Å²) in [6.45, 7) is 9.65. The van der Waals surface area contributed by atoms with Gasteiger partial charge in [0.05, 0.1) is 0 Å². The molecule has 1 unspecified atom stereocenters. The van der Waals surface area contributed by atoms with Crippen molar-refractivity contribution < 1.29 is 4.74 Å². The molecule has 1 saturated carbocycles. The van der Waals surface area contributed by atoms with Crippen LogP contribution in [0.5, 0.6) is 0 Å². The van der Waals surface area contributed by atoms with Crippen LogP contribution in [0.1, 0.15) is 59.3 Å². The molecule has 0 aromatic rings. The molecule has 1 aliphatic rings. The summed E-state index contributed by atoms with van der Waals surface area (Å²) in [5.74, 6) is 1.84. The molecule has 1 fully saturated rings. The van der Waals surface area contributed by atoms with E-state index in [1.807, 2.05) is 0 Å².